The molecule has 1 amide bonds. The Kier molecular flexibility index (Phi) is 2.77. The fraction of sp³-hybridized carbons (Fsp3) is 0.364. The van der Waals surface area contributed by atoms with E-state index < -0.39 is 18.4 Å². The molecule has 1 saturated heterocycles. The highest BCUT2D eigenvalue weighted by molar-refractivity contribution is 5.97. The molecule has 0 atom stereocenters. The molecule has 1 N–H and O–H groups in total. The Balaban J connectivity index is 2.13. The first kappa shape index (κ1) is 10.9. The number of aromatic hydroxyl groups is 1. The van der Waals surface area contributed by atoms with E-state index in [4.69, 9.17) is 0 Å². The first-order valence-corrected chi connectivity index (χ1v) is 4.95. The zero-order valence-electron chi connectivity index (χ0n) is 8.49. The molecule has 1 aliphatic rings. The SMILES string of the molecule is O=C(c1cc(F)ccc1O)N1CC(CF)C1. The van der Waals surface area contributed by atoms with Crippen LogP contribution in [0.3, 0.4) is 0 Å². The van der Waals surface area contributed by atoms with Crippen molar-refractivity contribution in [2.45, 2.75) is 0 Å². The lowest BCUT2D eigenvalue weighted by Gasteiger charge is -2.37. The number of benzene rings is 1. The topological polar surface area (TPSA) is 40.5 Å². The Morgan fingerprint density at radius 1 is 1.50 bits per heavy atom. The van der Waals surface area contributed by atoms with E-state index in [2.05, 4.69) is 0 Å². The Bertz CT molecular complexity index is 416. The molecule has 1 aromatic carbocycles. The number of phenols is 1. The largest absolute Gasteiger partial charge is 0.507 e. The van der Waals surface area contributed by atoms with Crippen LogP contribution in [0.15, 0.2) is 18.2 Å². The van der Waals surface area contributed by atoms with Crippen LogP contribution in [0, 0.1) is 11.7 Å². The fourth-order valence-corrected chi connectivity index (χ4v) is 1.68. The van der Waals surface area contributed by atoms with Crippen LogP contribution in [0.4, 0.5) is 8.78 Å². The summed E-state index contributed by atoms with van der Waals surface area (Å²) in [7, 11) is 0. The number of carbonyl (C=O) groups is 1. The van der Waals surface area contributed by atoms with Crippen LogP contribution in [0.25, 0.3) is 0 Å². The number of hydrogen-bond acceptors (Lipinski definition) is 2. The van der Waals surface area contributed by atoms with E-state index in [9.17, 15) is 18.7 Å². The van der Waals surface area contributed by atoms with Gasteiger partial charge >= 0.3 is 0 Å². The molecular weight excluding hydrogens is 216 g/mol. The molecule has 5 heteroatoms. The standard InChI is InChI=1S/C11H11F2NO2/c12-4-7-5-14(6-7)11(16)9-3-8(13)1-2-10(9)15/h1-3,7,15H,4-6H2. The minimum Gasteiger partial charge on any atom is -0.507 e. The number of carbonyl (C=O) groups excluding carboxylic acids is 1. The number of likely N-dealkylation sites (tertiary alicyclic amines) is 1. The quantitative estimate of drug-likeness (QED) is 0.833. The summed E-state index contributed by atoms with van der Waals surface area (Å²) in [4.78, 5) is 13.1. The summed E-state index contributed by atoms with van der Waals surface area (Å²) in [6, 6.07) is 3.20. The second-order valence-corrected chi connectivity index (χ2v) is 3.89. The van der Waals surface area contributed by atoms with Gasteiger partial charge in [-0.05, 0) is 18.2 Å². The molecule has 0 spiro atoms. The molecule has 2 rings (SSSR count). The van der Waals surface area contributed by atoms with Crippen LogP contribution < -0.4 is 0 Å². The van der Waals surface area contributed by atoms with Gasteiger partial charge in [0.25, 0.3) is 5.91 Å². The smallest absolute Gasteiger partial charge is 0.257 e. The van der Waals surface area contributed by atoms with Crippen molar-refractivity contribution in [3.05, 3.63) is 29.6 Å². The monoisotopic (exact) mass is 227 g/mol. The lowest BCUT2D eigenvalue weighted by molar-refractivity contribution is 0.0449. The van der Waals surface area contributed by atoms with Gasteiger partial charge in [-0.1, -0.05) is 0 Å². The Hall–Kier alpha value is -1.65. The highest BCUT2D eigenvalue weighted by Crippen LogP contribution is 2.24. The maximum absolute atomic E-state index is 12.9. The second kappa shape index (κ2) is 4.08. The fourth-order valence-electron chi connectivity index (χ4n) is 1.68. The minimum atomic E-state index is -0.580. The van der Waals surface area contributed by atoms with Gasteiger partial charge in [0, 0.05) is 19.0 Å². The van der Waals surface area contributed by atoms with Gasteiger partial charge in [0.1, 0.15) is 11.6 Å². The summed E-state index contributed by atoms with van der Waals surface area (Å²) < 4.78 is 25.1. The van der Waals surface area contributed by atoms with Crippen LogP contribution in [0.2, 0.25) is 0 Å². The highest BCUT2D eigenvalue weighted by Gasteiger charge is 2.32. The van der Waals surface area contributed by atoms with Crippen LogP contribution in [-0.4, -0.2) is 35.7 Å². The third-order valence-corrected chi connectivity index (χ3v) is 2.65. The van der Waals surface area contributed by atoms with Gasteiger partial charge in [0.05, 0.1) is 12.2 Å². The van der Waals surface area contributed by atoms with E-state index in [0.717, 1.165) is 18.2 Å². The number of halogens is 2. The molecule has 0 aromatic heterocycles. The molecule has 0 aliphatic carbocycles. The van der Waals surface area contributed by atoms with Crippen molar-refractivity contribution in [1.82, 2.24) is 4.90 Å². The summed E-state index contributed by atoms with van der Waals surface area (Å²) in [5.41, 5.74) is -0.0719. The highest BCUT2D eigenvalue weighted by atomic mass is 19.1. The van der Waals surface area contributed by atoms with Gasteiger partial charge in [-0.15, -0.1) is 0 Å². The molecular formula is C11H11F2NO2. The van der Waals surface area contributed by atoms with Crippen molar-refractivity contribution in [3.8, 4) is 5.75 Å². The van der Waals surface area contributed by atoms with Crippen LogP contribution >= 0.6 is 0 Å². The Morgan fingerprint density at radius 2 is 2.19 bits per heavy atom. The molecule has 0 saturated carbocycles. The summed E-state index contributed by atoms with van der Waals surface area (Å²) in [5, 5.41) is 9.41. The Labute approximate surface area is 91.3 Å². The number of phenolic OH excluding ortho intramolecular Hbond substituents is 1. The van der Waals surface area contributed by atoms with Gasteiger partial charge in [0.15, 0.2) is 0 Å². The summed E-state index contributed by atoms with van der Waals surface area (Å²) in [6.45, 7) is 0.190. The van der Waals surface area contributed by atoms with Gasteiger partial charge in [-0.25, -0.2) is 4.39 Å². The predicted octanol–water partition coefficient (Wildman–Crippen LogP) is 1.57. The number of amides is 1. The lowest BCUT2D eigenvalue weighted by Crippen LogP contribution is -2.50. The molecule has 1 aliphatic heterocycles. The third-order valence-electron chi connectivity index (χ3n) is 2.65. The maximum Gasteiger partial charge on any atom is 0.257 e. The van der Waals surface area contributed by atoms with E-state index >= 15 is 0 Å². The van der Waals surface area contributed by atoms with Crippen LogP contribution in [0.1, 0.15) is 10.4 Å². The number of alkyl halides is 1. The normalized spacial score (nSPS) is 16.0. The first-order valence-electron chi connectivity index (χ1n) is 4.95. The van der Waals surface area contributed by atoms with Crippen molar-refractivity contribution in [2.24, 2.45) is 5.92 Å². The van der Waals surface area contributed by atoms with E-state index in [-0.39, 0.29) is 17.2 Å². The summed E-state index contributed by atoms with van der Waals surface area (Å²) in [6.07, 6.45) is 0. The predicted molar refractivity (Wildman–Crippen MR) is 53.4 cm³/mol. The lowest BCUT2D eigenvalue weighted by atomic mass is 10.0. The first-order chi connectivity index (χ1) is 7.61. The van der Waals surface area contributed by atoms with Crippen LogP contribution in [-0.2, 0) is 0 Å². The van der Waals surface area contributed by atoms with Crippen LogP contribution in [0.5, 0.6) is 5.75 Å². The number of rotatable bonds is 2. The molecule has 0 unspecified atom stereocenters. The van der Waals surface area contributed by atoms with E-state index in [1.54, 1.807) is 0 Å². The van der Waals surface area contributed by atoms with Crippen molar-refractivity contribution in [2.75, 3.05) is 19.8 Å². The van der Waals surface area contributed by atoms with E-state index in [1.165, 1.54) is 4.90 Å². The molecule has 86 valence electrons. The molecule has 0 bridgehead atoms. The molecule has 0 radical (unpaired) electrons. The Morgan fingerprint density at radius 3 is 2.81 bits per heavy atom. The zero-order valence-corrected chi connectivity index (χ0v) is 8.49. The molecule has 1 aromatic rings. The summed E-state index contributed by atoms with van der Waals surface area (Å²) >= 11 is 0. The maximum atomic E-state index is 12.9. The number of hydrogen-bond donors (Lipinski definition) is 1. The molecule has 16 heavy (non-hydrogen) atoms. The molecule has 1 fully saturated rings. The van der Waals surface area contributed by atoms with Crippen molar-refractivity contribution in [3.63, 3.8) is 0 Å². The second-order valence-electron chi connectivity index (χ2n) is 3.89. The van der Waals surface area contributed by atoms with Crippen molar-refractivity contribution >= 4 is 5.91 Å². The van der Waals surface area contributed by atoms with Crippen molar-refractivity contribution in [1.29, 1.82) is 0 Å². The van der Waals surface area contributed by atoms with Gasteiger partial charge in [-0.3, -0.25) is 9.18 Å². The summed E-state index contributed by atoms with van der Waals surface area (Å²) in [5.74, 6) is -1.42. The van der Waals surface area contributed by atoms with Crippen molar-refractivity contribution < 1.29 is 18.7 Å². The molecule has 1 heterocycles. The average molecular weight is 227 g/mol. The minimum absolute atomic E-state index is 0.0719. The molecule has 3 nitrogen and oxygen atoms in total. The van der Waals surface area contributed by atoms with Gasteiger partial charge in [0.2, 0.25) is 0 Å². The number of nitrogens with zero attached hydrogens (tertiary/aromatic N) is 1. The van der Waals surface area contributed by atoms with E-state index in [0.29, 0.717) is 13.1 Å². The average Bonchev–Trinajstić information content (AvgIpc) is 2.20. The van der Waals surface area contributed by atoms with Gasteiger partial charge < -0.3 is 10.0 Å². The zero-order chi connectivity index (χ0) is 11.7. The third kappa shape index (κ3) is 1.85. The van der Waals surface area contributed by atoms with E-state index in [1.807, 2.05) is 0 Å². The van der Waals surface area contributed by atoms with Gasteiger partial charge in [-0.2, -0.15) is 0 Å².